The summed E-state index contributed by atoms with van der Waals surface area (Å²) in [5.41, 5.74) is 0.342. The summed E-state index contributed by atoms with van der Waals surface area (Å²) < 4.78 is 0. The lowest BCUT2D eigenvalue weighted by molar-refractivity contribution is 0.0582. The van der Waals surface area contributed by atoms with Crippen molar-refractivity contribution in [3.63, 3.8) is 0 Å². The van der Waals surface area contributed by atoms with Crippen LogP contribution in [-0.2, 0) is 0 Å². The molecule has 2 rings (SSSR count). The maximum Gasteiger partial charge on any atom is 0.0278 e. The van der Waals surface area contributed by atoms with Crippen molar-refractivity contribution < 1.29 is 0 Å². The highest BCUT2D eigenvalue weighted by Crippen LogP contribution is 2.33. The number of hydrogen-bond acceptors (Lipinski definition) is 2. The van der Waals surface area contributed by atoms with Gasteiger partial charge in [-0.1, -0.05) is 33.6 Å². The van der Waals surface area contributed by atoms with Crippen molar-refractivity contribution in [2.75, 3.05) is 19.6 Å². The molecule has 2 atom stereocenters. The third-order valence-electron chi connectivity index (χ3n) is 4.83. The molecule has 1 aliphatic carbocycles. The Balaban J connectivity index is 1.93. The third kappa shape index (κ3) is 3.45. The van der Waals surface area contributed by atoms with Gasteiger partial charge in [0, 0.05) is 24.7 Å². The second-order valence-corrected chi connectivity index (χ2v) is 6.81. The average molecular weight is 238 g/mol. The van der Waals surface area contributed by atoms with E-state index in [0.717, 1.165) is 17.9 Å². The first kappa shape index (κ1) is 13.4. The van der Waals surface area contributed by atoms with Crippen molar-refractivity contribution >= 4 is 0 Å². The van der Waals surface area contributed by atoms with Gasteiger partial charge < -0.3 is 5.32 Å². The fraction of sp³-hybridized carbons (Fsp3) is 1.00. The van der Waals surface area contributed by atoms with Gasteiger partial charge in [0.2, 0.25) is 0 Å². The Hall–Kier alpha value is -0.0800. The van der Waals surface area contributed by atoms with Crippen molar-refractivity contribution in [1.82, 2.24) is 10.2 Å². The van der Waals surface area contributed by atoms with Gasteiger partial charge in [0.05, 0.1) is 0 Å². The van der Waals surface area contributed by atoms with Crippen molar-refractivity contribution in [2.45, 2.75) is 65.0 Å². The fourth-order valence-electron chi connectivity index (χ4n) is 3.00. The van der Waals surface area contributed by atoms with Crippen LogP contribution in [0.25, 0.3) is 0 Å². The molecule has 1 saturated heterocycles. The van der Waals surface area contributed by atoms with Crippen LogP contribution in [-0.4, -0.2) is 36.1 Å². The Labute approximate surface area is 107 Å². The van der Waals surface area contributed by atoms with Crippen LogP contribution in [0.5, 0.6) is 0 Å². The highest BCUT2D eigenvalue weighted by molar-refractivity contribution is 4.95. The SMILES string of the molecule is CCC1(C)CN(CCC2CC2)C(C(C)C)CN1. The van der Waals surface area contributed by atoms with E-state index in [4.69, 9.17) is 0 Å². The van der Waals surface area contributed by atoms with E-state index in [0.29, 0.717) is 5.54 Å². The molecule has 0 spiro atoms. The van der Waals surface area contributed by atoms with Crippen molar-refractivity contribution in [1.29, 1.82) is 0 Å². The van der Waals surface area contributed by atoms with E-state index < -0.39 is 0 Å². The minimum atomic E-state index is 0.342. The van der Waals surface area contributed by atoms with Crippen molar-refractivity contribution in [3.8, 4) is 0 Å². The van der Waals surface area contributed by atoms with Crippen LogP contribution in [0.1, 0.15) is 53.4 Å². The van der Waals surface area contributed by atoms with E-state index in [1.165, 1.54) is 45.3 Å². The fourth-order valence-corrected chi connectivity index (χ4v) is 3.00. The van der Waals surface area contributed by atoms with Gasteiger partial charge in [-0.3, -0.25) is 4.90 Å². The lowest BCUT2D eigenvalue weighted by Gasteiger charge is -2.47. The van der Waals surface area contributed by atoms with E-state index in [-0.39, 0.29) is 0 Å². The number of hydrogen-bond donors (Lipinski definition) is 1. The summed E-state index contributed by atoms with van der Waals surface area (Å²) in [5.74, 6) is 1.83. The maximum atomic E-state index is 3.77. The van der Waals surface area contributed by atoms with Crippen LogP contribution in [0.3, 0.4) is 0 Å². The molecule has 0 radical (unpaired) electrons. The molecule has 1 saturated carbocycles. The third-order valence-corrected chi connectivity index (χ3v) is 4.83. The van der Waals surface area contributed by atoms with Crippen LogP contribution >= 0.6 is 0 Å². The predicted octanol–water partition coefficient (Wildman–Crippen LogP) is 2.89. The Kier molecular flexibility index (Phi) is 4.14. The molecule has 0 aromatic carbocycles. The van der Waals surface area contributed by atoms with E-state index in [1.807, 2.05) is 0 Å². The molecule has 1 heterocycles. The Morgan fingerprint density at radius 2 is 2.06 bits per heavy atom. The second kappa shape index (κ2) is 5.27. The molecule has 2 nitrogen and oxygen atoms in total. The normalized spacial score (nSPS) is 35.5. The molecule has 2 unspecified atom stereocenters. The topological polar surface area (TPSA) is 15.3 Å². The minimum absolute atomic E-state index is 0.342. The zero-order chi connectivity index (χ0) is 12.5. The first-order valence-electron chi connectivity index (χ1n) is 7.53. The van der Waals surface area contributed by atoms with E-state index in [2.05, 4.69) is 37.9 Å². The molecule has 1 aliphatic heterocycles. The molecule has 1 N–H and O–H groups in total. The maximum absolute atomic E-state index is 3.77. The van der Waals surface area contributed by atoms with Gasteiger partial charge in [-0.2, -0.15) is 0 Å². The monoisotopic (exact) mass is 238 g/mol. The van der Waals surface area contributed by atoms with Crippen LogP contribution in [0.15, 0.2) is 0 Å². The first-order chi connectivity index (χ1) is 8.04. The number of nitrogens with one attached hydrogen (secondary N) is 1. The Morgan fingerprint density at radius 3 is 2.59 bits per heavy atom. The van der Waals surface area contributed by atoms with Gasteiger partial charge >= 0.3 is 0 Å². The summed E-state index contributed by atoms with van der Waals surface area (Å²) in [4.78, 5) is 2.77. The molecular weight excluding hydrogens is 208 g/mol. The first-order valence-corrected chi connectivity index (χ1v) is 7.53. The largest absolute Gasteiger partial charge is 0.309 e. The number of rotatable bonds is 5. The van der Waals surface area contributed by atoms with E-state index in [1.54, 1.807) is 0 Å². The lowest BCUT2D eigenvalue weighted by Crippen LogP contribution is -2.64. The molecular formula is C15H30N2. The molecule has 0 aromatic rings. The van der Waals surface area contributed by atoms with Gasteiger partial charge in [-0.25, -0.2) is 0 Å². The smallest absolute Gasteiger partial charge is 0.0278 e. The second-order valence-electron chi connectivity index (χ2n) is 6.81. The van der Waals surface area contributed by atoms with Gasteiger partial charge in [0.1, 0.15) is 0 Å². The minimum Gasteiger partial charge on any atom is -0.309 e. The molecule has 0 bridgehead atoms. The van der Waals surface area contributed by atoms with Crippen LogP contribution in [0, 0.1) is 11.8 Å². The van der Waals surface area contributed by atoms with Crippen LogP contribution in [0.4, 0.5) is 0 Å². The molecule has 2 fully saturated rings. The highest BCUT2D eigenvalue weighted by atomic mass is 15.3. The van der Waals surface area contributed by atoms with Crippen molar-refractivity contribution in [3.05, 3.63) is 0 Å². The molecule has 0 amide bonds. The Morgan fingerprint density at radius 1 is 1.35 bits per heavy atom. The molecule has 0 aromatic heterocycles. The zero-order valence-corrected chi connectivity index (χ0v) is 12.1. The molecule has 2 heteroatoms. The standard InChI is InChI=1S/C15H30N2/c1-5-15(4)11-17(9-8-13-6-7-13)14(10-16-15)12(2)3/h12-14,16H,5-11H2,1-4H3. The van der Waals surface area contributed by atoms with Gasteiger partial charge in [0.25, 0.3) is 0 Å². The summed E-state index contributed by atoms with van der Waals surface area (Å²) in [5, 5.41) is 3.77. The van der Waals surface area contributed by atoms with Gasteiger partial charge in [-0.15, -0.1) is 0 Å². The summed E-state index contributed by atoms with van der Waals surface area (Å²) >= 11 is 0. The van der Waals surface area contributed by atoms with Gasteiger partial charge in [-0.05, 0) is 38.1 Å². The number of piperazine rings is 1. The van der Waals surface area contributed by atoms with Crippen LogP contribution < -0.4 is 5.32 Å². The summed E-state index contributed by atoms with van der Waals surface area (Å²) in [6.45, 7) is 13.2. The molecule has 2 aliphatic rings. The highest BCUT2D eigenvalue weighted by Gasteiger charge is 2.36. The lowest BCUT2D eigenvalue weighted by atomic mass is 9.89. The van der Waals surface area contributed by atoms with Crippen molar-refractivity contribution in [2.24, 2.45) is 11.8 Å². The van der Waals surface area contributed by atoms with Crippen LogP contribution in [0.2, 0.25) is 0 Å². The summed E-state index contributed by atoms with van der Waals surface area (Å²) in [6, 6.07) is 0.744. The summed E-state index contributed by atoms with van der Waals surface area (Å²) in [6.07, 6.45) is 5.65. The number of nitrogens with zero attached hydrogens (tertiary/aromatic N) is 1. The van der Waals surface area contributed by atoms with E-state index >= 15 is 0 Å². The quantitative estimate of drug-likeness (QED) is 0.792. The molecule has 100 valence electrons. The van der Waals surface area contributed by atoms with E-state index in [9.17, 15) is 0 Å². The zero-order valence-electron chi connectivity index (χ0n) is 12.1. The molecule has 17 heavy (non-hydrogen) atoms. The van der Waals surface area contributed by atoms with Gasteiger partial charge in [0.15, 0.2) is 0 Å². The Bertz CT molecular complexity index is 247. The average Bonchev–Trinajstić information content (AvgIpc) is 3.10. The summed E-state index contributed by atoms with van der Waals surface area (Å²) in [7, 11) is 0. The predicted molar refractivity (Wildman–Crippen MR) is 74.2 cm³/mol.